The van der Waals surface area contributed by atoms with E-state index in [1.165, 1.54) is 0 Å². The van der Waals surface area contributed by atoms with Gasteiger partial charge in [0, 0.05) is 25.9 Å². The van der Waals surface area contributed by atoms with Gasteiger partial charge in [-0.1, -0.05) is 0 Å². The molecule has 1 aromatic carbocycles. The van der Waals surface area contributed by atoms with E-state index in [2.05, 4.69) is 10.2 Å². The summed E-state index contributed by atoms with van der Waals surface area (Å²) in [6, 6.07) is 3.94. The molecule has 2 heterocycles. The lowest BCUT2D eigenvalue weighted by Crippen LogP contribution is -2.36. The predicted octanol–water partition coefficient (Wildman–Crippen LogP) is 3.30. The molecular formula is C17H16F2N4O. The Morgan fingerprint density at radius 1 is 1.25 bits per heavy atom. The van der Waals surface area contributed by atoms with Gasteiger partial charge in [-0.15, -0.1) is 10.2 Å². The highest BCUT2D eigenvalue weighted by Gasteiger charge is 2.58. The molecular weight excluding hydrogens is 314 g/mol. The fourth-order valence-electron chi connectivity index (χ4n) is 3.81. The van der Waals surface area contributed by atoms with E-state index < -0.39 is 11.6 Å². The Labute approximate surface area is 137 Å². The molecule has 1 saturated carbocycles. The molecule has 0 radical (unpaired) electrons. The molecule has 0 N–H and O–H groups in total. The molecule has 124 valence electrons. The Hall–Kier alpha value is -2.49. The van der Waals surface area contributed by atoms with Gasteiger partial charge >= 0.3 is 0 Å². The highest BCUT2D eigenvalue weighted by Crippen LogP contribution is 2.64. The molecule has 4 rings (SSSR count). The van der Waals surface area contributed by atoms with Crippen LogP contribution in [0.5, 0.6) is 0 Å². The summed E-state index contributed by atoms with van der Waals surface area (Å²) >= 11 is 0. The zero-order valence-corrected chi connectivity index (χ0v) is 13.2. The van der Waals surface area contributed by atoms with Gasteiger partial charge in [-0.05, 0) is 36.8 Å². The highest BCUT2D eigenvalue weighted by molar-refractivity contribution is 5.53. The minimum absolute atomic E-state index is 0.00347. The largest absolute Gasteiger partial charge is 0.425 e. The molecule has 1 saturated heterocycles. The van der Waals surface area contributed by atoms with Gasteiger partial charge in [0.05, 0.1) is 11.6 Å². The zero-order valence-electron chi connectivity index (χ0n) is 13.2. The van der Waals surface area contributed by atoms with Crippen molar-refractivity contribution in [3.8, 4) is 6.07 Å². The molecule has 1 atom stereocenters. The topological polar surface area (TPSA) is 66.0 Å². The van der Waals surface area contributed by atoms with Crippen molar-refractivity contribution in [2.45, 2.75) is 32.1 Å². The second-order valence-corrected chi connectivity index (χ2v) is 6.67. The summed E-state index contributed by atoms with van der Waals surface area (Å²) in [5.74, 6) is 0.143. The quantitative estimate of drug-likeness (QED) is 0.845. The van der Waals surface area contributed by atoms with Gasteiger partial charge in [-0.2, -0.15) is 5.26 Å². The second kappa shape index (κ2) is 5.26. The molecule has 5 nitrogen and oxygen atoms in total. The molecule has 0 bridgehead atoms. The number of aromatic nitrogens is 2. The van der Waals surface area contributed by atoms with Crippen LogP contribution in [-0.2, 0) is 0 Å². The minimum Gasteiger partial charge on any atom is -0.425 e. The van der Waals surface area contributed by atoms with Crippen LogP contribution in [0.2, 0.25) is 0 Å². The maximum atomic E-state index is 14.2. The van der Waals surface area contributed by atoms with Crippen molar-refractivity contribution >= 4 is 5.69 Å². The summed E-state index contributed by atoms with van der Waals surface area (Å²) in [4.78, 5) is 1.73. The number of anilines is 1. The lowest BCUT2D eigenvalue weighted by molar-refractivity contribution is 0.346. The number of aryl methyl sites for hydroxylation is 1. The summed E-state index contributed by atoms with van der Waals surface area (Å²) in [6.07, 6.45) is 2.65. The molecule has 2 fully saturated rings. The molecule has 2 aliphatic rings. The van der Waals surface area contributed by atoms with Crippen LogP contribution in [0.25, 0.3) is 0 Å². The van der Waals surface area contributed by atoms with Gasteiger partial charge in [-0.25, -0.2) is 8.78 Å². The summed E-state index contributed by atoms with van der Waals surface area (Å²) < 4.78 is 33.9. The first kappa shape index (κ1) is 15.1. The zero-order chi connectivity index (χ0) is 16.9. The molecule has 1 aliphatic heterocycles. The maximum Gasteiger partial charge on any atom is 0.220 e. The minimum atomic E-state index is -0.678. The van der Waals surface area contributed by atoms with Crippen molar-refractivity contribution in [3.63, 3.8) is 0 Å². The van der Waals surface area contributed by atoms with E-state index in [4.69, 9.17) is 9.68 Å². The number of halogens is 2. The molecule has 1 aliphatic carbocycles. The average molecular weight is 330 g/mol. The fraction of sp³-hybridized carbons (Fsp3) is 0.471. The number of hydrogen-bond acceptors (Lipinski definition) is 5. The highest BCUT2D eigenvalue weighted by atomic mass is 19.1. The van der Waals surface area contributed by atoms with Gasteiger partial charge in [0.25, 0.3) is 0 Å². The Morgan fingerprint density at radius 2 is 1.92 bits per heavy atom. The smallest absolute Gasteiger partial charge is 0.220 e. The number of nitriles is 1. The van der Waals surface area contributed by atoms with Crippen LogP contribution < -0.4 is 4.90 Å². The summed E-state index contributed by atoms with van der Waals surface area (Å²) in [6.45, 7) is 2.91. The number of hydrogen-bond donors (Lipinski definition) is 0. The van der Waals surface area contributed by atoms with Crippen LogP contribution in [0.1, 0.15) is 42.5 Å². The molecule has 0 amide bonds. The summed E-state index contributed by atoms with van der Waals surface area (Å²) in [5.41, 5.74) is 0.0839. The first-order valence-electron chi connectivity index (χ1n) is 7.96. The molecule has 1 unspecified atom stereocenters. The lowest BCUT2D eigenvalue weighted by atomic mass is 9.90. The molecule has 1 spiro atoms. The molecule has 2 aromatic rings. The van der Waals surface area contributed by atoms with E-state index >= 15 is 0 Å². The number of benzene rings is 1. The molecule has 7 heteroatoms. The van der Waals surface area contributed by atoms with E-state index in [9.17, 15) is 8.78 Å². The van der Waals surface area contributed by atoms with Crippen molar-refractivity contribution in [1.82, 2.24) is 10.2 Å². The third-order valence-corrected chi connectivity index (χ3v) is 5.25. The van der Waals surface area contributed by atoms with Crippen molar-refractivity contribution < 1.29 is 13.2 Å². The standard InChI is InChI=1S/C17H16F2N4O/c1-10-21-22-16(24-10)12-8-17(12)2-4-23(5-3-17)15-13(18)6-11(9-20)7-14(15)19/h6-7,12H,2-5,8H2,1H3. The number of piperidine rings is 1. The van der Waals surface area contributed by atoms with E-state index in [1.54, 1.807) is 17.9 Å². The Morgan fingerprint density at radius 3 is 2.46 bits per heavy atom. The SMILES string of the molecule is Cc1nnc(C2CC23CCN(c2c(F)cc(C#N)cc2F)CC3)o1. The van der Waals surface area contributed by atoms with E-state index in [-0.39, 0.29) is 22.6 Å². The van der Waals surface area contributed by atoms with Crippen LogP contribution in [0.3, 0.4) is 0 Å². The molecule has 24 heavy (non-hydrogen) atoms. The monoisotopic (exact) mass is 330 g/mol. The van der Waals surface area contributed by atoms with Crippen molar-refractivity contribution in [3.05, 3.63) is 41.1 Å². The van der Waals surface area contributed by atoms with Crippen molar-refractivity contribution in [2.24, 2.45) is 5.41 Å². The molecule has 1 aromatic heterocycles. The first-order valence-corrected chi connectivity index (χ1v) is 7.96. The number of nitrogens with zero attached hydrogens (tertiary/aromatic N) is 4. The first-order chi connectivity index (χ1) is 11.5. The van der Waals surface area contributed by atoms with Crippen molar-refractivity contribution in [2.75, 3.05) is 18.0 Å². The summed E-state index contributed by atoms with van der Waals surface area (Å²) in [7, 11) is 0. The fourth-order valence-corrected chi connectivity index (χ4v) is 3.81. The van der Waals surface area contributed by atoms with Crippen LogP contribution >= 0.6 is 0 Å². The van der Waals surface area contributed by atoms with E-state index in [0.29, 0.717) is 24.9 Å². The van der Waals surface area contributed by atoms with Crippen LogP contribution in [0.4, 0.5) is 14.5 Å². The van der Waals surface area contributed by atoms with Gasteiger partial charge < -0.3 is 9.32 Å². The van der Waals surface area contributed by atoms with Gasteiger partial charge in [0.15, 0.2) is 11.6 Å². The van der Waals surface area contributed by atoms with Crippen LogP contribution in [0.15, 0.2) is 16.5 Å². The third kappa shape index (κ3) is 2.33. The van der Waals surface area contributed by atoms with Crippen molar-refractivity contribution in [1.29, 1.82) is 5.26 Å². The van der Waals surface area contributed by atoms with Gasteiger partial charge in [0.1, 0.15) is 5.69 Å². The Kier molecular flexibility index (Phi) is 3.30. The van der Waals surface area contributed by atoms with E-state index in [1.807, 2.05) is 0 Å². The summed E-state index contributed by atoms with van der Waals surface area (Å²) in [5, 5.41) is 16.8. The lowest BCUT2D eigenvalue weighted by Gasteiger charge is -2.34. The number of rotatable bonds is 2. The third-order valence-electron chi connectivity index (χ3n) is 5.25. The average Bonchev–Trinajstić information content (AvgIpc) is 3.08. The van der Waals surface area contributed by atoms with E-state index in [0.717, 1.165) is 31.4 Å². The second-order valence-electron chi connectivity index (χ2n) is 6.67. The van der Waals surface area contributed by atoms with Crippen LogP contribution in [-0.4, -0.2) is 23.3 Å². The Bertz CT molecular complexity index is 810. The van der Waals surface area contributed by atoms with Gasteiger partial charge in [-0.3, -0.25) is 0 Å². The Balaban J connectivity index is 1.49. The van der Waals surface area contributed by atoms with Crippen LogP contribution in [0, 0.1) is 35.3 Å². The normalized spacial score (nSPS) is 21.8. The predicted molar refractivity (Wildman–Crippen MR) is 81.3 cm³/mol. The van der Waals surface area contributed by atoms with Gasteiger partial charge in [0.2, 0.25) is 11.8 Å². The maximum absolute atomic E-state index is 14.2.